The number of alkyl halides is 3. The van der Waals surface area contributed by atoms with Crippen molar-refractivity contribution in [3.05, 3.63) is 40.9 Å². The van der Waals surface area contributed by atoms with E-state index in [4.69, 9.17) is 9.31 Å². The lowest BCUT2D eigenvalue weighted by Crippen LogP contribution is -2.41. The molecule has 1 saturated heterocycles. The summed E-state index contributed by atoms with van der Waals surface area (Å²) in [6.45, 7) is 7.63. The van der Waals surface area contributed by atoms with Crippen molar-refractivity contribution in [2.24, 2.45) is 0 Å². The largest absolute Gasteiger partial charge is 0.491 e. The fourth-order valence-electron chi connectivity index (χ4n) is 2.33. The van der Waals surface area contributed by atoms with Crippen molar-refractivity contribution >= 4 is 31.6 Å². The van der Waals surface area contributed by atoms with Crippen LogP contribution in [-0.4, -0.2) is 36.0 Å². The van der Waals surface area contributed by atoms with Crippen LogP contribution < -0.4 is 0 Å². The molecule has 0 bridgehead atoms. The molecular weight excluding hydrogens is 352 g/mol. The molecule has 8 heteroatoms. The first-order valence-electron chi connectivity index (χ1n) is 7.76. The lowest BCUT2D eigenvalue weighted by atomic mass is 9.78. The van der Waals surface area contributed by atoms with Crippen molar-refractivity contribution in [2.45, 2.75) is 45.1 Å². The highest BCUT2D eigenvalue weighted by Gasteiger charge is 2.52. The lowest BCUT2D eigenvalue weighted by Gasteiger charge is -2.32. The van der Waals surface area contributed by atoms with E-state index in [1.165, 1.54) is 12.1 Å². The fourth-order valence-corrected chi connectivity index (χ4v) is 2.57. The van der Waals surface area contributed by atoms with E-state index in [-0.39, 0.29) is 0 Å². The summed E-state index contributed by atoms with van der Waals surface area (Å²) in [4.78, 5) is 11.4. The molecule has 1 aliphatic rings. The summed E-state index contributed by atoms with van der Waals surface area (Å²) in [5.41, 5.74) is -0.358. The van der Waals surface area contributed by atoms with Crippen LogP contribution in [0, 0.1) is 0 Å². The number of carbonyl (C=O) groups excluding carboxylic acids is 1. The SMILES string of the molecule is CC1(C)OB(C(=Cc2cccc(C(=O)C(F)(F)F)c2)CS)OC1(C)C. The predicted octanol–water partition coefficient (Wildman–Crippen LogP) is 4.38. The molecular formula is C17H20BF3O3S. The van der Waals surface area contributed by atoms with Gasteiger partial charge in [0.15, 0.2) is 0 Å². The zero-order valence-electron chi connectivity index (χ0n) is 14.5. The molecule has 0 atom stereocenters. The van der Waals surface area contributed by atoms with Crippen LogP contribution >= 0.6 is 12.6 Å². The normalized spacial score (nSPS) is 20.0. The van der Waals surface area contributed by atoms with E-state index in [1.54, 1.807) is 12.1 Å². The number of benzene rings is 1. The van der Waals surface area contributed by atoms with Gasteiger partial charge in [0.1, 0.15) is 0 Å². The Hall–Kier alpha value is -1.25. The van der Waals surface area contributed by atoms with Gasteiger partial charge in [0.2, 0.25) is 0 Å². The quantitative estimate of drug-likeness (QED) is 0.484. The number of thiol groups is 1. The van der Waals surface area contributed by atoms with Gasteiger partial charge < -0.3 is 9.31 Å². The first-order valence-corrected chi connectivity index (χ1v) is 8.39. The van der Waals surface area contributed by atoms with Crippen LogP contribution in [0.1, 0.15) is 43.6 Å². The Balaban J connectivity index is 2.31. The maximum Gasteiger partial charge on any atom is 0.491 e. The molecule has 0 radical (unpaired) electrons. The van der Waals surface area contributed by atoms with Crippen LogP contribution in [0.3, 0.4) is 0 Å². The van der Waals surface area contributed by atoms with Crippen LogP contribution in [0.2, 0.25) is 0 Å². The molecule has 0 aliphatic carbocycles. The summed E-state index contributed by atoms with van der Waals surface area (Å²) in [5.74, 6) is -1.57. The van der Waals surface area contributed by atoms with Gasteiger partial charge in [-0.05, 0) is 44.8 Å². The minimum absolute atomic E-state index is 0.300. The summed E-state index contributed by atoms with van der Waals surface area (Å²) in [6, 6.07) is 5.36. The van der Waals surface area contributed by atoms with E-state index < -0.39 is 35.8 Å². The molecule has 1 aliphatic heterocycles. The Morgan fingerprint density at radius 3 is 2.24 bits per heavy atom. The van der Waals surface area contributed by atoms with Gasteiger partial charge in [-0.15, -0.1) is 0 Å². The molecule has 0 amide bonds. The summed E-state index contributed by atoms with van der Waals surface area (Å²) in [5, 5.41) is 0. The van der Waals surface area contributed by atoms with Gasteiger partial charge in [-0.3, -0.25) is 4.79 Å². The van der Waals surface area contributed by atoms with Crippen LogP contribution in [-0.2, 0) is 9.31 Å². The highest BCUT2D eigenvalue weighted by Crippen LogP contribution is 2.39. The molecule has 1 aromatic rings. The number of carbonyl (C=O) groups is 1. The Bertz CT molecular complexity index is 683. The molecule has 0 aromatic heterocycles. The summed E-state index contributed by atoms with van der Waals surface area (Å²) >= 11 is 4.27. The second-order valence-corrected chi connectivity index (χ2v) is 7.23. The second-order valence-electron chi connectivity index (χ2n) is 6.92. The van der Waals surface area contributed by atoms with Crippen molar-refractivity contribution in [3.8, 4) is 0 Å². The molecule has 3 nitrogen and oxygen atoms in total. The Morgan fingerprint density at radius 2 is 1.76 bits per heavy atom. The second kappa shape index (κ2) is 6.81. The van der Waals surface area contributed by atoms with E-state index in [0.29, 0.717) is 16.8 Å². The molecule has 25 heavy (non-hydrogen) atoms. The van der Waals surface area contributed by atoms with E-state index in [9.17, 15) is 18.0 Å². The van der Waals surface area contributed by atoms with Crippen LogP contribution in [0.4, 0.5) is 13.2 Å². The molecule has 0 N–H and O–H groups in total. The highest BCUT2D eigenvalue weighted by atomic mass is 32.1. The van der Waals surface area contributed by atoms with Gasteiger partial charge in [-0.2, -0.15) is 25.8 Å². The average Bonchev–Trinajstić information content (AvgIpc) is 2.71. The molecule has 136 valence electrons. The minimum atomic E-state index is -4.90. The number of hydrogen-bond acceptors (Lipinski definition) is 4. The third-order valence-electron chi connectivity index (χ3n) is 4.50. The fraction of sp³-hybridized carbons (Fsp3) is 0.471. The van der Waals surface area contributed by atoms with Crippen molar-refractivity contribution in [1.29, 1.82) is 0 Å². The summed E-state index contributed by atoms with van der Waals surface area (Å²) < 4.78 is 49.7. The standard InChI is InChI=1S/C17H20BF3O3S/c1-15(2)16(3,4)24-18(23-15)13(10-25)9-11-6-5-7-12(8-11)14(22)17(19,20)21/h5-9,25H,10H2,1-4H3. The highest BCUT2D eigenvalue weighted by molar-refractivity contribution is 7.80. The lowest BCUT2D eigenvalue weighted by molar-refractivity contribution is -0.0885. The van der Waals surface area contributed by atoms with Gasteiger partial charge >= 0.3 is 13.3 Å². The minimum Gasteiger partial charge on any atom is -0.400 e. The number of hydrogen-bond donors (Lipinski definition) is 1. The molecule has 1 heterocycles. The summed E-state index contributed by atoms with van der Waals surface area (Å²) in [6.07, 6.45) is -3.26. The van der Waals surface area contributed by atoms with Gasteiger partial charge in [0.05, 0.1) is 11.2 Å². The van der Waals surface area contributed by atoms with Gasteiger partial charge in [0.25, 0.3) is 5.78 Å². The smallest absolute Gasteiger partial charge is 0.400 e. The van der Waals surface area contributed by atoms with Crippen LogP contribution in [0.5, 0.6) is 0 Å². The van der Waals surface area contributed by atoms with Crippen molar-refractivity contribution in [1.82, 2.24) is 0 Å². The number of Topliss-reactive ketones (excluding diaryl/α,β-unsaturated/α-hetero) is 1. The van der Waals surface area contributed by atoms with Crippen molar-refractivity contribution in [2.75, 3.05) is 5.75 Å². The number of rotatable bonds is 4. The van der Waals surface area contributed by atoms with Crippen molar-refractivity contribution in [3.63, 3.8) is 0 Å². The summed E-state index contributed by atoms with van der Waals surface area (Å²) in [7, 11) is -0.649. The molecule has 2 rings (SSSR count). The Morgan fingerprint density at radius 1 is 1.20 bits per heavy atom. The molecule has 0 saturated carbocycles. The third-order valence-corrected chi connectivity index (χ3v) is 4.86. The first-order chi connectivity index (χ1) is 11.4. The van der Waals surface area contributed by atoms with E-state index >= 15 is 0 Å². The monoisotopic (exact) mass is 372 g/mol. The van der Waals surface area contributed by atoms with E-state index in [2.05, 4.69) is 12.6 Å². The first kappa shape index (κ1) is 20.1. The maximum atomic E-state index is 12.6. The zero-order valence-corrected chi connectivity index (χ0v) is 15.4. The predicted molar refractivity (Wildman–Crippen MR) is 94.7 cm³/mol. The van der Waals surface area contributed by atoms with E-state index in [1.807, 2.05) is 27.7 Å². The number of halogens is 3. The zero-order chi connectivity index (χ0) is 19.0. The molecule has 0 spiro atoms. The topological polar surface area (TPSA) is 35.5 Å². The van der Waals surface area contributed by atoms with Gasteiger partial charge in [-0.25, -0.2) is 0 Å². The Kier molecular flexibility index (Phi) is 5.47. The molecule has 1 aromatic carbocycles. The average molecular weight is 372 g/mol. The molecule has 0 unspecified atom stereocenters. The Labute approximate surface area is 151 Å². The van der Waals surface area contributed by atoms with E-state index in [0.717, 1.165) is 6.07 Å². The molecule has 1 fully saturated rings. The van der Waals surface area contributed by atoms with Gasteiger partial charge in [-0.1, -0.05) is 24.3 Å². The van der Waals surface area contributed by atoms with Gasteiger partial charge in [0, 0.05) is 11.3 Å². The maximum absolute atomic E-state index is 12.6. The third kappa shape index (κ3) is 4.30. The van der Waals surface area contributed by atoms with Crippen molar-refractivity contribution < 1.29 is 27.3 Å². The number of ketones is 1. The van der Waals surface area contributed by atoms with Crippen LogP contribution in [0.15, 0.2) is 29.7 Å². The van der Waals surface area contributed by atoms with Crippen LogP contribution in [0.25, 0.3) is 6.08 Å².